The Morgan fingerprint density at radius 2 is 1.72 bits per heavy atom. The van der Waals surface area contributed by atoms with Crippen molar-refractivity contribution < 1.29 is 85.6 Å². The second-order valence-corrected chi connectivity index (χ2v) is 18.3. The Morgan fingerprint density at radius 1 is 1.03 bits per heavy atom. The highest BCUT2D eigenvalue weighted by Gasteiger charge is 2.50. The molecule has 1 aliphatic rings. The molecule has 58 heavy (non-hydrogen) atoms. The van der Waals surface area contributed by atoms with Gasteiger partial charge in [-0.25, -0.2) is 28.6 Å². The number of thioether (sulfide) groups is 1. The van der Waals surface area contributed by atoms with Crippen molar-refractivity contribution in [1.82, 2.24) is 30.2 Å². The molecule has 0 spiro atoms. The number of amides is 2. The maximum absolute atomic E-state index is 12.7. The van der Waals surface area contributed by atoms with Crippen molar-refractivity contribution >= 4 is 69.1 Å². The van der Waals surface area contributed by atoms with Crippen LogP contribution in [0.25, 0.3) is 11.2 Å². The van der Waals surface area contributed by atoms with Gasteiger partial charge in [-0.15, -0.1) is 0 Å². The molecule has 0 saturated carbocycles. The topological polar surface area (TPSA) is 384 Å². The predicted molar refractivity (Wildman–Crippen MR) is 199 cm³/mol. The average Bonchev–Trinajstić information content (AvgIpc) is 3.71. The van der Waals surface area contributed by atoms with Crippen molar-refractivity contribution in [3.05, 3.63) is 48.0 Å². The Bertz CT molecular complexity index is 2090. The van der Waals surface area contributed by atoms with Crippen molar-refractivity contribution in [1.29, 1.82) is 0 Å². The molecule has 0 aliphatic carbocycles. The van der Waals surface area contributed by atoms with E-state index < -0.39 is 84.6 Å². The van der Waals surface area contributed by atoms with E-state index in [0.29, 0.717) is 11.1 Å². The lowest BCUT2D eigenvalue weighted by molar-refractivity contribution is -0.137. The number of aliphatic hydroxyl groups excluding tert-OH is 3. The molecular formula is C29H42N7O18P3S. The van der Waals surface area contributed by atoms with E-state index in [0.717, 1.165) is 29.0 Å². The minimum Gasteiger partial charge on any atom is -0.392 e. The molecule has 1 aromatic carbocycles. The van der Waals surface area contributed by atoms with Gasteiger partial charge in [0.2, 0.25) is 16.9 Å². The minimum atomic E-state index is -5.58. The second kappa shape index (κ2) is 19.9. The highest BCUT2D eigenvalue weighted by Crippen LogP contribution is 2.61. The molecular weight excluding hydrogens is 859 g/mol. The van der Waals surface area contributed by atoms with Crippen LogP contribution in [0.1, 0.15) is 42.4 Å². The van der Waals surface area contributed by atoms with Crippen molar-refractivity contribution in [2.75, 3.05) is 37.8 Å². The Balaban J connectivity index is 1.23. The number of ether oxygens (including phenoxy) is 1. The summed E-state index contributed by atoms with van der Waals surface area (Å²) in [7, 11) is -16.4. The number of hydrogen-bond donors (Lipinski definition) is 10. The highest BCUT2D eigenvalue weighted by molar-refractivity contribution is 8.14. The molecule has 2 unspecified atom stereocenters. The predicted octanol–water partition coefficient (Wildman–Crippen LogP) is -0.529. The standard InChI is InChI=1S/C29H42N7O18P3S/c1-29(2,23(40)26(41)32-8-7-19(38)31-9-10-58-28(42)17-6-4-3-5-16(17)11-37)13-51-57(48,49)54-56(46,47)50-12-18-22(53-55(43,44)45)21(39)27(52-18)36-15-35-20-24(30)33-14-34-25(20)36/h3-6,14-15,18,21-23,27,37,39-40H,7-13H2,1-2H3,(H,31,38)(H,32,41)(H,46,47)(H,48,49)(H2,30,33,34)(H2,43,44,45)/t18-,21-,22-,23+,27-/m1/s1. The number of nitrogens with zero attached hydrogens (tertiary/aromatic N) is 4. The van der Waals surface area contributed by atoms with Crippen LogP contribution in [0, 0.1) is 5.41 Å². The Hall–Kier alpha value is -3.26. The largest absolute Gasteiger partial charge is 0.481 e. The van der Waals surface area contributed by atoms with E-state index >= 15 is 0 Å². The number of benzene rings is 1. The van der Waals surface area contributed by atoms with Gasteiger partial charge in [0.1, 0.15) is 36.3 Å². The summed E-state index contributed by atoms with van der Waals surface area (Å²) in [5.74, 6) is -1.30. The van der Waals surface area contributed by atoms with Gasteiger partial charge in [0.15, 0.2) is 17.7 Å². The van der Waals surface area contributed by atoms with Gasteiger partial charge in [-0.05, 0) is 5.56 Å². The first-order chi connectivity index (χ1) is 27.0. The van der Waals surface area contributed by atoms with Crippen LogP contribution in [0.3, 0.4) is 0 Å². The summed E-state index contributed by atoms with van der Waals surface area (Å²) < 4.78 is 62.1. The Labute approximate surface area is 333 Å². The monoisotopic (exact) mass is 901 g/mol. The van der Waals surface area contributed by atoms with E-state index in [1.165, 1.54) is 13.8 Å². The van der Waals surface area contributed by atoms with Gasteiger partial charge < -0.3 is 56.0 Å². The number of nitrogen functional groups attached to an aromatic ring is 1. The molecule has 29 heteroatoms. The Kier molecular flexibility index (Phi) is 16.2. The molecule has 7 atom stereocenters. The maximum Gasteiger partial charge on any atom is 0.481 e. The normalized spacial score (nSPS) is 21.3. The molecule has 322 valence electrons. The van der Waals surface area contributed by atoms with Crippen molar-refractivity contribution in [3.63, 3.8) is 0 Å². The van der Waals surface area contributed by atoms with Crippen LogP contribution in [0.4, 0.5) is 5.82 Å². The van der Waals surface area contributed by atoms with E-state index in [1.54, 1.807) is 24.3 Å². The summed E-state index contributed by atoms with van der Waals surface area (Å²) in [6.07, 6.45) is -7.02. The first-order valence-electron chi connectivity index (χ1n) is 16.8. The highest BCUT2D eigenvalue weighted by atomic mass is 32.2. The third kappa shape index (κ3) is 13.1. The molecule has 25 nitrogen and oxygen atoms in total. The molecule has 1 fully saturated rings. The van der Waals surface area contributed by atoms with Crippen LogP contribution in [0.5, 0.6) is 0 Å². The minimum absolute atomic E-state index is 0.0244. The number of aliphatic hydroxyl groups is 3. The van der Waals surface area contributed by atoms with Gasteiger partial charge in [0.25, 0.3) is 0 Å². The number of phosphoric ester groups is 3. The lowest BCUT2D eigenvalue weighted by Crippen LogP contribution is -2.46. The van der Waals surface area contributed by atoms with E-state index in [2.05, 4.69) is 34.4 Å². The van der Waals surface area contributed by atoms with E-state index in [4.69, 9.17) is 19.5 Å². The van der Waals surface area contributed by atoms with Crippen LogP contribution >= 0.6 is 35.2 Å². The zero-order valence-corrected chi connectivity index (χ0v) is 34.0. The molecule has 11 N–H and O–H groups in total. The van der Waals surface area contributed by atoms with Crippen LogP contribution in [-0.4, -0.2) is 128 Å². The fraction of sp³-hybridized carbons (Fsp3) is 0.517. The smallest absolute Gasteiger partial charge is 0.392 e. The van der Waals surface area contributed by atoms with E-state index in [1.807, 2.05) is 0 Å². The number of aromatic nitrogens is 4. The zero-order valence-electron chi connectivity index (χ0n) is 30.5. The molecule has 1 saturated heterocycles. The molecule has 2 aromatic heterocycles. The average molecular weight is 902 g/mol. The summed E-state index contributed by atoms with van der Waals surface area (Å²) >= 11 is 0.942. The van der Waals surface area contributed by atoms with Crippen LogP contribution in [0.15, 0.2) is 36.9 Å². The summed E-state index contributed by atoms with van der Waals surface area (Å²) in [5.41, 5.74) is 5.05. The first kappa shape index (κ1) is 47.4. The number of anilines is 1. The van der Waals surface area contributed by atoms with E-state index in [9.17, 15) is 63.0 Å². The second-order valence-electron chi connectivity index (χ2n) is 13.0. The van der Waals surface area contributed by atoms with Crippen LogP contribution in [0.2, 0.25) is 0 Å². The number of hydrogen-bond acceptors (Lipinski definition) is 19. The van der Waals surface area contributed by atoms with Gasteiger partial charge in [0, 0.05) is 36.2 Å². The van der Waals surface area contributed by atoms with Crippen molar-refractivity contribution in [2.24, 2.45) is 5.41 Å². The third-order valence-electron chi connectivity index (χ3n) is 8.14. The summed E-state index contributed by atoms with van der Waals surface area (Å²) in [5, 5.41) is 35.5. The number of nitrogens with one attached hydrogen (secondary N) is 2. The summed E-state index contributed by atoms with van der Waals surface area (Å²) in [6, 6.07) is 6.55. The number of phosphoric acid groups is 3. The van der Waals surface area contributed by atoms with Gasteiger partial charge in [0.05, 0.1) is 26.1 Å². The summed E-state index contributed by atoms with van der Waals surface area (Å²) in [4.78, 5) is 88.1. The maximum atomic E-state index is 12.7. The number of carbonyl (C=O) groups is 3. The number of carbonyl (C=O) groups excluding carboxylic acids is 3. The number of rotatable bonds is 21. The molecule has 0 bridgehead atoms. The fourth-order valence-corrected chi connectivity index (χ4v) is 8.78. The molecule has 1 aliphatic heterocycles. The van der Waals surface area contributed by atoms with Gasteiger partial charge in [-0.1, -0.05) is 49.9 Å². The fourth-order valence-electron chi connectivity index (χ4n) is 5.21. The summed E-state index contributed by atoms with van der Waals surface area (Å²) in [6.45, 7) is 0.0136. The molecule has 4 rings (SSSR count). The SMILES string of the molecule is CC(C)(COP(=O)(O)OP(=O)(O)OC[C@H]1O[C@@H](n2cnc3c(N)ncnc32)[C@H](O)[C@@H]1OP(=O)(O)O)[C@@H](O)C(=O)NCCC(=O)NCCSC(=O)c1ccccc1CO. The lowest BCUT2D eigenvalue weighted by atomic mass is 9.87. The van der Waals surface area contributed by atoms with Gasteiger partial charge in [-0.3, -0.25) is 32.5 Å². The number of nitrogens with two attached hydrogens (primary N) is 1. The van der Waals surface area contributed by atoms with Crippen LogP contribution in [-0.2, 0) is 52.5 Å². The third-order valence-corrected chi connectivity index (χ3v) is 12.1. The lowest BCUT2D eigenvalue weighted by Gasteiger charge is -2.30. The number of imidazole rings is 1. The van der Waals surface area contributed by atoms with E-state index in [-0.39, 0.29) is 54.0 Å². The van der Waals surface area contributed by atoms with Gasteiger partial charge in [-0.2, -0.15) is 4.31 Å². The zero-order chi connectivity index (χ0) is 43.1. The van der Waals surface area contributed by atoms with Crippen molar-refractivity contribution in [3.8, 4) is 0 Å². The molecule has 2 amide bonds. The first-order valence-corrected chi connectivity index (χ1v) is 22.3. The van der Waals surface area contributed by atoms with Crippen LogP contribution < -0.4 is 16.4 Å². The molecule has 3 aromatic rings. The van der Waals surface area contributed by atoms with Crippen molar-refractivity contribution in [2.45, 2.75) is 57.5 Å². The molecule has 3 heterocycles. The Morgan fingerprint density at radius 3 is 2.41 bits per heavy atom. The molecule has 0 radical (unpaired) electrons. The quantitative estimate of drug-likeness (QED) is 0.0474. The number of fused-ring (bicyclic) bond motifs is 1. The van der Waals surface area contributed by atoms with Gasteiger partial charge >= 0.3 is 23.5 Å².